The first kappa shape index (κ1) is 72.6. The monoisotopic (exact) mass is 1350 g/mol. The summed E-state index contributed by atoms with van der Waals surface area (Å²) in [7, 11) is 1.51. The van der Waals surface area contributed by atoms with Crippen molar-refractivity contribution in [3.05, 3.63) is 112 Å². The number of phenols is 2. The van der Waals surface area contributed by atoms with Crippen molar-refractivity contribution >= 4 is 86.2 Å². The second-order valence-corrected chi connectivity index (χ2v) is 27.1. The molecule has 0 unspecified atom stereocenters. The van der Waals surface area contributed by atoms with Crippen molar-refractivity contribution in [2.75, 3.05) is 48.8 Å². The first-order valence-electron chi connectivity index (χ1n) is 33.7. The molecule has 8 amide bonds. The standard InChI is InChI=1S/C73H91N9O16/c1-38(2)59(78-53(84)19-12-11-13-30-82-54(85)24-25-55(82)86)71(93)77-49(18-15-29-75-72(74)94)70(92)76-47-22-20-45(21-23-47)46-26-31-81(32-27-46)48-36-50(83)60-52(37-48)97-67-61(79-60)56-57-64(88)44(8)66-58(56)68(90)73(9,98-66)96-33-28-51(95-10)43(7)63(87)42(6)35-40(4)34-39(3)16-14-17-41(5)69(91)80-62(67)65(57)89/h14,16-17,20-25,28,33,36-40,42-43,46,49,51,59,63,83,87-88H,11-13,15,18-19,26-27,29-32,34-35H2,1-10H3,(H,76,92)(H,77,93)(H,78,84)(H,80,91)(H3,74,75,94)/b16-14+,33-28+,41-17-/t39-,40+,42+,43+,49-,51-,59-,63-,73-/m0/s1. The van der Waals surface area contributed by atoms with Gasteiger partial charge in [0.25, 0.3) is 23.5 Å². The number of rotatable bonds is 19. The number of amides is 8. The summed E-state index contributed by atoms with van der Waals surface area (Å²) < 4.78 is 24.9. The van der Waals surface area contributed by atoms with Gasteiger partial charge in [0.15, 0.2) is 11.3 Å². The summed E-state index contributed by atoms with van der Waals surface area (Å²) in [6.45, 7) is 17.5. The van der Waals surface area contributed by atoms with Crippen LogP contribution in [0.3, 0.4) is 0 Å². The summed E-state index contributed by atoms with van der Waals surface area (Å²) >= 11 is 0. The van der Waals surface area contributed by atoms with Crippen LogP contribution in [0.15, 0.2) is 93.9 Å². The van der Waals surface area contributed by atoms with E-state index in [1.54, 1.807) is 57.2 Å². The number of benzene rings is 4. The van der Waals surface area contributed by atoms with Crippen LogP contribution in [0.25, 0.3) is 33.3 Å². The molecule has 9 atom stereocenters. The molecule has 0 radical (unpaired) electrons. The molecule has 524 valence electrons. The minimum absolute atomic E-state index is 0.0328. The average molecular weight is 1350 g/mol. The molecule has 0 saturated carbocycles. The van der Waals surface area contributed by atoms with E-state index >= 15 is 4.79 Å². The number of nitrogens with zero attached hydrogens (tertiary/aromatic N) is 3. The SMILES string of the molecule is CO[C@H]1/C=C/O[C@@]2(C)Oc3c(C)c(O)c4c(=O)c(c5oc6cc(N7CCC(c8ccc(NC(=O)[C@H](CCCNC(N)=O)NC(=O)[C@@H](NC(=O)CCCCCN9C(=O)C=CC9=O)C(C)C)cc8)CC7)cc(O)c6nc-5c4c3C2=O)NC(=O)/C(C)=C\C=C\[C@H](C)C[C@@H](C)C[C@@H](C)[C@H](O)[C@@H]1C. The van der Waals surface area contributed by atoms with Gasteiger partial charge in [0.1, 0.15) is 46.2 Å². The lowest BCUT2D eigenvalue weighted by molar-refractivity contribution is -0.137. The highest BCUT2D eigenvalue weighted by Gasteiger charge is 2.50. The van der Waals surface area contributed by atoms with Crippen molar-refractivity contribution in [3.8, 4) is 28.7 Å². The number of hydrogen-bond donors (Lipinski definition) is 9. The molecule has 6 aliphatic rings. The van der Waals surface area contributed by atoms with E-state index < -0.39 is 76.7 Å². The highest BCUT2D eigenvalue weighted by atomic mass is 16.7. The number of aromatic hydroxyl groups is 2. The van der Waals surface area contributed by atoms with Crippen molar-refractivity contribution in [1.82, 2.24) is 25.8 Å². The zero-order chi connectivity index (χ0) is 71.0. The van der Waals surface area contributed by atoms with Crippen molar-refractivity contribution < 1.29 is 72.3 Å². The van der Waals surface area contributed by atoms with Crippen LogP contribution in [0, 0.1) is 36.5 Å². The van der Waals surface area contributed by atoms with Gasteiger partial charge in [-0.15, -0.1) is 0 Å². The molecule has 5 aliphatic heterocycles. The first-order valence-corrected chi connectivity index (χ1v) is 33.7. The number of piperidine rings is 1. The highest BCUT2D eigenvalue weighted by molar-refractivity contribution is 6.22. The lowest BCUT2D eigenvalue weighted by Gasteiger charge is -2.34. The minimum Gasteiger partial charge on any atom is -0.507 e. The molecule has 0 aromatic heterocycles. The Morgan fingerprint density at radius 3 is 2.27 bits per heavy atom. The Morgan fingerprint density at radius 1 is 0.888 bits per heavy atom. The van der Waals surface area contributed by atoms with Gasteiger partial charge in [0.2, 0.25) is 23.2 Å². The highest BCUT2D eigenvalue weighted by Crippen LogP contribution is 2.51. The van der Waals surface area contributed by atoms with E-state index in [0.29, 0.717) is 56.6 Å². The number of anilines is 3. The van der Waals surface area contributed by atoms with Crippen LogP contribution in [-0.2, 0) is 38.2 Å². The van der Waals surface area contributed by atoms with Crippen molar-refractivity contribution in [2.24, 2.45) is 35.3 Å². The normalized spacial score (nSPS) is 23.7. The Hall–Kier alpha value is -9.62. The van der Waals surface area contributed by atoms with Gasteiger partial charge in [0, 0.05) is 105 Å². The number of ketones is 1. The molecule has 1 fully saturated rings. The second kappa shape index (κ2) is 31.3. The summed E-state index contributed by atoms with van der Waals surface area (Å²) in [5, 5.41) is 48.7. The predicted octanol–water partition coefficient (Wildman–Crippen LogP) is 9.02. The van der Waals surface area contributed by atoms with Crippen molar-refractivity contribution in [2.45, 2.75) is 163 Å². The topological polar surface area (TPSA) is 361 Å². The minimum atomic E-state index is -2.05. The van der Waals surface area contributed by atoms with Gasteiger partial charge < -0.3 is 71.2 Å². The number of nitrogens with two attached hydrogens (primary N) is 1. The third-order valence-corrected chi connectivity index (χ3v) is 19.2. The smallest absolute Gasteiger partial charge is 0.312 e. The molecule has 1 aliphatic carbocycles. The number of nitrogens with one attached hydrogen (secondary N) is 5. The van der Waals surface area contributed by atoms with Crippen LogP contribution in [0.5, 0.6) is 17.2 Å². The third-order valence-electron chi connectivity index (χ3n) is 19.2. The number of phenolic OH excluding ortho intramolecular Hbond substituents is 2. The van der Waals surface area contributed by atoms with Crippen LogP contribution < -0.4 is 47.4 Å². The van der Waals surface area contributed by atoms with E-state index in [0.717, 1.165) is 23.3 Å². The van der Waals surface area contributed by atoms with E-state index in [-0.39, 0.29) is 147 Å². The second-order valence-electron chi connectivity index (χ2n) is 27.1. The fraction of sp³-hybridized carbons (Fsp3) is 0.479. The number of Topliss-reactive ketones (excluding diaryl/α,β-unsaturated/α-hetero) is 1. The number of aliphatic hydroxyl groups excluding tert-OH is 1. The molecule has 1 saturated heterocycles. The van der Waals surface area contributed by atoms with Crippen molar-refractivity contribution in [1.29, 1.82) is 0 Å². The Bertz CT molecular complexity index is 4020. The van der Waals surface area contributed by atoms with Crippen LogP contribution in [0.2, 0.25) is 0 Å². The molecule has 98 heavy (non-hydrogen) atoms. The summed E-state index contributed by atoms with van der Waals surface area (Å²) in [6, 6.07) is 7.79. The summed E-state index contributed by atoms with van der Waals surface area (Å²) in [4.78, 5) is 128. The summed E-state index contributed by atoms with van der Waals surface area (Å²) in [6.07, 6.45) is 14.2. The molecule has 10 N–H and O–H groups in total. The van der Waals surface area contributed by atoms with E-state index in [4.69, 9.17) is 29.3 Å². The molecule has 5 heterocycles. The van der Waals surface area contributed by atoms with Crippen molar-refractivity contribution in [3.63, 3.8) is 0 Å². The first-order chi connectivity index (χ1) is 46.6. The number of aromatic nitrogens is 1. The largest absolute Gasteiger partial charge is 0.507 e. The Kier molecular flexibility index (Phi) is 23.2. The summed E-state index contributed by atoms with van der Waals surface area (Å²) in [5.41, 5.74) is 5.98. The van der Waals surface area contributed by atoms with Crippen LogP contribution in [-0.4, -0.2) is 136 Å². The van der Waals surface area contributed by atoms with Gasteiger partial charge in [-0.1, -0.05) is 78.3 Å². The zero-order valence-electron chi connectivity index (χ0n) is 57.2. The van der Waals surface area contributed by atoms with E-state index in [2.05, 4.69) is 45.3 Å². The predicted molar refractivity (Wildman–Crippen MR) is 369 cm³/mol. The van der Waals surface area contributed by atoms with Gasteiger partial charge in [-0.05, 0) is 119 Å². The number of imide groups is 1. The summed E-state index contributed by atoms with van der Waals surface area (Å²) in [5.74, 6) is -7.30. The number of urea groups is 1. The number of allylic oxidation sites excluding steroid dienone is 3. The average Bonchev–Trinajstić information content (AvgIpc) is 1.39. The number of carbonyl (C=O) groups is 8. The molecule has 4 bridgehead atoms. The van der Waals surface area contributed by atoms with Gasteiger partial charge in [0.05, 0.1) is 29.4 Å². The molecule has 25 nitrogen and oxygen atoms in total. The molecule has 3 aromatic rings. The quantitative estimate of drug-likeness (QED) is 0.0161. The number of methoxy groups -OCH3 is 1. The fourth-order valence-corrected chi connectivity index (χ4v) is 13.6. The van der Waals surface area contributed by atoms with E-state index in [1.807, 2.05) is 32.1 Å². The number of primary amides is 1. The molecule has 3 aromatic carbocycles. The zero-order valence-corrected chi connectivity index (χ0v) is 57.2. The maximum Gasteiger partial charge on any atom is 0.312 e. The fourth-order valence-electron chi connectivity index (χ4n) is 13.6. The van der Waals surface area contributed by atoms with Gasteiger partial charge in [-0.25, -0.2) is 9.78 Å². The number of aliphatic hydroxyl groups is 1. The maximum absolute atomic E-state index is 15.1. The maximum atomic E-state index is 15.1. The number of unbranched alkanes of at least 4 members (excludes halogenated alkanes) is 2. The third kappa shape index (κ3) is 16.3. The molecule has 0 spiro atoms. The van der Waals surface area contributed by atoms with Crippen LogP contribution in [0.1, 0.15) is 147 Å². The Balaban J connectivity index is 0.936. The molecule has 9 rings (SSSR count). The number of fused-ring (bicyclic) bond motifs is 2. The lowest BCUT2D eigenvalue weighted by atomic mass is 9.82. The van der Waals surface area contributed by atoms with E-state index in [9.17, 15) is 53.7 Å². The molecule has 25 heteroatoms. The van der Waals surface area contributed by atoms with E-state index in [1.165, 1.54) is 45.4 Å². The molecular weight excluding hydrogens is 1260 g/mol. The number of carbonyl (C=O) groups excluding carboxylic acids is 8. The van der Waals surface area contributed by atoms with Crippen LogP contribution >= 0.6 is 0 Å². The lowest BCUT2D eigenvalue weighted by Crippen LogP contribution is -2.54. The Morgan fingerprint density at radius 2 is 1.59 bits per heavy atom. The number of hydrogen-bond acceptors (Lipinski definition) is 18. The van der Waals surface area contributed by atoms with Gasteiger partial charge >= 0.3 is 11.8 Å². The molecular formula is C73H91N9O16. The van der Waals surface area contributed by atoms with Crippen LogP contribution in [0.4, 0.5) is 21.9 Å². The Labute approximate surface area is 569 Å². The van der Waals surface area contributed by atoms with Gasteiger partial charge in [-0.3, -0.25) is 43.3 Å². The van der Waals surface area contributed by atoms with Gasteiger partial charge in [-0.2, -0.15) is 0 Å². The number of ether oxygens (including phenoxy) is 3.